The van der Waals surface area contributed by atoms with Gasteiger partial charge >= 0.3 is 0 Å². The third kappa shape index (κ3) is 2.91. The van der Waals surface area contributed by atoms with Crippen LogP contribution in [0.25, 0.3) is 0 Å². The highest BCUT2D eigenvalue weighted by Crippen LogP contribution is 2.28. The van der Waals surface area contributed by atoms with E-state index in [4.69, 9.17) is 14.9 Å². The van der Waals surface area contributed by atoms with E-state index in [0.29, 0.717) is 10.2 Å². The number of halogens is 2. The molecular formula is C13H13BrFNO2. The molecular weight excluding hydrogens is 301 g/mol. The molecule has 1 aromatic heterocycles. The normalized spacial score (nSPS) is 14.2. The molecule has 2 aromatic rings. The Balaban J connectivity index is 2.24. The van der Waals surface area contributed by atoms with Crippen molar-refractivity contribution in [1.29, 1.82) is 0 Å². The van der Waals surface area contributed by atoms with Gasteiger partial charge in [0.1, 0.15) is 5.76 Å². The second-order valence-electron chi connectivity index (χ2n) is 3.99. The van der Waals surface area contributed by atoms with Gasteiger partial charge in [0.15, 0.2) is 17.7 Å². The summed E-state index contributed by atoms with van der Waals surface area (Å²) in [6.07, 6.45) is 1.02. The maximum atomic E-state index is 13.7. The van der Waals surface area contributed by atoms with E-state index < -0.39 is 11.9 Å². The summed E-state index contributed by atoms with van der Waals surface area (Å²) in [4.78, 5) is 0. The van der Waals surface area contributed by atoms with Crippen LogP contribution in [0.2, 0.25) is 0 Å². The van der Waals surface area contributed by atoms with Gasteiger partial charge in [-0.25, -0.2) is 4.39 Å². The minimum atomic E-state index is -0.518. The topological polar surface area (TPSA) is 48.4 Å². The quantitative estimate of drug-likeness (QED) is 0.937. The third-order valence-corrected chi connectivity index (χ3v) is 2.94. The summed E-state index contributed by atoms with van der Waals surface area (Å²) in [7, 11) is 0. The predicted octanol–water partition coefficient (Wildman–Crippen LogP) is 3.65. The third-order valence-electron chi connectivity index (χ3n) is 2.45. The van der Waals surface area contributed by atoms with Crippen LogP contribution in [0.3, 0.4) is 0 Å². The largest absolute Gasteiger partial charge is 0.478 e. The fourth-order valence-electron chi connectivity index (χ4n) is 1.59. The molecule has 96 valence electrons. The Morgan fingerprint density at radius 3 is 2.72 bits per heavy atom. The van der Waals surface area contributed by atoms with Gasteiger partial charge in [-0.05, 0) is 37.3 Å². The standard InChI is InChI=1S/C13H13BrFNO2/c1-8(16)13(12-3-2-6-17-12)18-11-5-4-9(14)7-10(11)15/h2-8,13H,16H2,1H3. The maximum absolute atomic E-state index is 13.7. The number of ether oxygens (including phenoxy) is 1. The Labute approximate surface area is 113 Å². The Kier molecular flexibility index (Phi) is 4.04. The zero-order chi connectivity index (χ0) is 13.1. The molecule has 0 aliphatic carbocycles. The molecule has 0 aliphatic heterocycles. The van der Waals surface area contributed by atoms with E-state index in [1.165, 1.54) is 12.3 Å². The lowest BCUT2D eigenvalue weighted by atomic mass is 10.1. The molecule has 0 fully saturated rings. The van der Waals surface area contributed by atoms with Crippen LogP contribution in [0, 0.1) is 5.82 Å². The molecule has 0 saturated carbocycles. The van der Waals surface area contributed by atoms with Crippen LogP contribution < -0.4 is 10.5 Å². The summed E-state index contributed by atoms with van der Waals surface area (Å²) in [5.41, 5.74) is 5.84. The van der Waals surface area contributed by atoms with E-state index in [0.717, 1.165) is 0 Å². The average molecular weight is 314 g/mol. The second kappa shape index (κ2) is 5.54. The molecule has 0 spiro atoms. The molecule has 2 unspecified atom stereocenters. The highest BCUT2D eigenvalue weighted by molar-refractivity contribution is 9.10. The van der Waals surface area contributed by atoms with Crippen LogP contribution in [0.1, 0.15) is 18.8 Å². The molecule has 1 heterocycles. The first-order valence-corrected chi connectivity index (χ1v) is 6.28. The van der Waals surface area contributed by atoms with Crippen molar-refractivity contribution in [1.82, 2.24) is 0 Å². The van der Waals surface area contributed by atoms with Crippen molar-refractivity contribution < 1.29 is 13.5 Å². The number of benzene rings is 1. The zero-order valence-electron chi connectivity index (χ0n) is 9.77. The molecule has 2 rings (SSSR count). The predicted molar refractivity (Wildman–Crippen MR) is 69.8 cm³/mol. The van der Waals surface area contributed by atoms with E-state index in [1.54, 1.807) is 31.2 Å². The van der Waals surface area contributed by atoms with Crippen LogP contribution in [0.15, 0.2) is 45.5 Å². The van der Waals surface area contributed by atoms with Gasteiger partial charge in [-0.2, -0.15) is 0 Å². The molecule has 0 aliphatic rings. The van der Waals surface area contributed by atoms with Gasteiger partial charge in [0.05, 0.1) is 6.26 Å². The smallest absolute Gasteiger partial charge is 0.171 e. The van der Waals surface area contributed by atoms with Crippen molar-refractivity contribution in [3.05, 3.63) is 52.6 Å². The number of hydrogen-bond donors (Lipinski definition) is 1. The maximum Gasteiger partial charge on any atom is 0.171 e. The molecule has 18 heavy (non-hydrogen) atoms. The SMILES string of the molecule is CC(N)C(Oc1ccc(Br)cc1F)c1ccco1. The summed E-state index contributed by atoms with van der Waals surface area (Å²) in [6, 6.07) is 7.78. The molecule has 5 heteroatoms. The fourth-order valence-corrected chi connectivity index (χ4v) is 1.92. The van der Waals surface area contributed by atoms with Gasteiger partial charge in [-0.1, -0.05) is 15.9 Å². The van der Waals surface area contributed by atoms with Crippen molar-refractivity contribution in [3.63, 3.8) is 0 Å². The van der Waals surface area contributed by atoms with Crippen LogP contribution >= 0.6 is 15.9 Å². The first-order chi connectivity index (χ1) is 8.58. The zero-order valence-corrected chi connectivity index (χ0v) is 11.4. The first-order valence-electron chi connectivity index (χ1n) is 5.48. The van der Waals surface area contributed by atoms with Crippen LogP contribution in [0.5, 0.6) is 5.75 Å². The van der Waals surface area contributed by atoms with Crippen LogP contribution in [-0.2, 0) is 0 Å². The summed E-state index contributed by atoms with van der Waals surface area (Å²) in [5, 5.41) is 0. The van der Waals surface area contributed by atoms with E-state index >= 15 is 0 Å². The van der Waals surface area contributed by atoms with E-state index in [-0.39, 0.29) is 11.8 Å². The minimum Gasteiger partial charge on any atom is -0.478 e. The lowest BCUT2D eigenvalue weighted by molar-refractivity contribution is 0.146. The summed E-state index contributed by atoms with van der Waals surface area (Å²) < 4.78 is 25.2. The lowest BCUT2D eigenvalue weighted by Crippen LogP contribution is -2.28. The Morgan fingerprint density at radius 1 is 1.39 bits per heavy atom. The van der Waals surface area contributed by atoms with Gasteiger partial charge in [-0.3, -0.25) is 0 Å². The monoisotopic (exact) mass is 313 g/mol. The van der Waals surface area contributed by atoms with Gasteiger partial charge < -0.3 is 14.9 Å². The minimum absolute atomic E-state index is 0.150. The molecule has 0 radical (unpaired) electrons. The summed E-state index contributed by atoms with van der Waals surface area (Å²) >= 11 is 3.19. The van der Waals surface area contributed by atoms with E-state index in [2.05, 4.69) is 15.9 Å². The first kappa shape index (κ1) is 13.1. The molecule has 2 atom stereocenters. The van der Waals surface area contributed by atoms with Crippen molar-refractivity contribution in [2.75, 3.05) is 0 Å². The second-order valence-corrected chi connectivity index (χ2v) is 4.90. The fraction of sp³-hybridized carbons (Fsp3) is 0.231. The van der Waals surface area contributed by atoms with Gasteiger partial charge in [0.2, 0.25) is 0 Å². The summed E-state index contributed by atoms with van der Waals surface area (Å²) in [6.45, 7) is 1.78. The van der Waals surface area contributed by atoms with Crippen LogP contribution in [-0.4, -0.2) is 6.04 Å². The molecule has 3 nitrogen and oxygen atoms in total. The van der Waals surface area contributed by atoms with E-state index in [9.17, 15) is 4.39 Å². The van der Waals surface area contributed by atoms with Crippen molar-refractivity contribution in [3.8, 4) is 5.75 Å². The number of furan rings is 1. The lowest BCUT2D eigenvalue weighted by Gasteiger charge is -2.20. The highest BCUT2D eigenvalue weighted by atomic mass is 79.9. The molecule has 0 bridgehead atoms. The summed E-state index contributed by atoms with van der Waals surface area (Å²) in [5.74, 6) is 0.283. The molecule has 1 aromatic carbocycles. The van der Waals surface area contributed by atoms with Crippen molar-refractivity contribution in [2.24, 2.45) is 5.73 Å². The number of nitrogens with two attached hydrogens (primary N) is 1. The van der Waals surface area contributed by atoms with E-state index in [1.807, 2.05) is 0 Å². The Morgan fingerprint density at radius 2 is 2.17 bits per heavy atom. The molecule has 0 amide bonds. The van der Waals surface area contributed by atoms with Crippen molar-refractivity contribution >= 4 is 15.9 Å². The van der Waals surface area contributed by atoms with Gasteiger partial charge in [0, 0.05) is 10.5 Å². The molecule has 0 saturated heterocycles. The number of hydrogen-bond acceptors (Lipinski definition) is 3. The Bertz CT molecular complexity index is 514. The van der Waals surface area contributed by atoms with Crippen molar-refractivity contribution in [2.45, 2.75) is 19.1 Å². The van der Waals surface area contributed by atoms with Crippen LogP contribution in [0.4, 0.5) is 4.39 Å². The Hall–Kier alpha value is -1.33. The highest BCUT2D eigenvalue weighted by Gasteiger charge is 2.22. The molecule has 2 N–H and O–H groups in total. The van der Waals surface area contributed by atoms with Gasteiger partial charge in [-0.15, -0.1) is 0 Å². The van der Waals surface area contributed by atoms with Gasteiger partial charge in [0.25, 0.3) is 0 Å². The number of rotatable bonds is 4. The average Bonchev–Trinajstić information content (AvgIpc) is 2.80.